The van der Waals surface area contributed by atoms with E-state index < -0.39 is 5.92 Å². The first-order chi connectivity index (χ1) is 8.99. The number of allylic oxidation sites excluding steroid dienone is 1. The molecule has 1 heterocycles. The van der Waals surface area contributed by atoms with Crippen molar-refractivity contribution in [2.45, 2.75) is 19.3 Å². The molecular formula is C15H14ClF2N. The minimum absolute atomic E-state index is 0.140. The van der Waals surface area contributed by atoms with Crippen LogP contribution < -0.4 is 5.32 Å². The molecule has 1 fully saturated rings. The normalized spacial score (nSPS) is 20.4. The van der Waals surface area contributed by atoms with E-state index in [1.165, 1.54) is 0 Å². The molecule has 0 radical (unpaired) electrons. The van der Waals surface area contributed by atoms with E-state index in [1.54, 1.807) is 31.2 Å². The van der Waals surface area contributed by atoms with E-state index >= 15 is 0 Å². The van der Waals surface area contributed by atoms with Gasteiger partial charge in [0.1, 0.15) is 0 Å². The molecule has 1 saturated heterocycles. The van der Waals surface area contributed by atoms with E-state index in [-0.39, 0.29) is 12.1 Å². The van der Waals surface area contributed by atoms with Crippen LogP contribution in [0.15, 0.2) is 35.4 Å². The van der Waals surface area contributed by atoms with E-state index in [0.29, 0.717) is 23.6 Å². The highest BCUT2D eigenvalue weighted by molar-refractivity contribution is 6.30. The number of rotatable bonds is 0. The van der Waals surface area contributed by atoms with Gasteiger partial charge in [-0.15, -0.1) is 0 Å². The maximum atomic E-state index is 13.7. The molecule has 1 aromatic rings. The molecule has 19 heavy (non-hydrogen) atoms. The summed E-state index contributed by atoms with van der Waals surface area (Å²) < 4.78 is 27.4. The molecule has 1 aliphatic rings. The van der Waals surface area contributed by atoms with Gasteiger partial charge in [0.05, 0.1) is 6.54 Å². The van der Waals surface area contributed by atoms with Crippen molar-refractivity contribution in [1.29, 1.82) is 0 Å². The first kappa shape index (κ1) is 14.0. The first-order valence-electron chi connectivity index (χ1n) is 6.05. The zero-order valence-electron chi connectivity index (χ0n) is 10.6. The van der Waals surface area contributed by atoms with Gasteiger partial charge in [0.25, 0.3) is 5.92 Å². The molecule has 0 aromatic heterocycles. The van der Waals surface area contributed by atoms with Crippen LogP contribution in [0.5, 0.6) is 0 Å². The van der Waals surface area contributed by atoms with E-state index in [4.69, 9.17) is 11.6 Å². The highest BCUT2D eigenvalue weighted by Gasteiger charge is 2.37. The van der Waals surface area contributed by atoms with Gasteiger partial charge in [-0.25, -0.2) is 8.78 Å². The summed E-state index contributed by atoms with van der Waals surface area (Å²) in [7, 11) is 0. The van der Waals surface area contributed by atoms with Crippen molar-refractivity contribution in [3.05, 3.63) is 46.0 Å². The number of benzene rings is 1. The fourth-order valence-corrected chi connectivity index (χ4v) is 2.21. The van der Waals surface area contributed by atoms with Gasteiger partial charge in [-0.1, -0.05) is 29.5 Å². The van der Waals surface area contributed by atoms with Gasteiger partial charge in [-0.2, -0.15) is 0 Å². The van der Waals surface area contributed by atoms with E-state index in [1.807, 2.05) is 0 Å². The number of hydrogen-bond donors (Lipinski definition) is 1. The zero-order chi connectivity index (χ0) is 13.9. The lowest BCUT2D eigenvalue weighted by atomic mass is 9.96. The lowest BCUT2D eigenvalue weighted by Crippen LogP contribution is -2.41. The van der Waals surface area contributed by atoms with Crippen molar-refractivity contribution < 1.29 is 8.78 Å². The third-order valence-electron chi connectivity index (χ3n) is 3.01. The van der Waals surface area contributed by atoms with Gasteiger partial charge in [-0.3, -0.25) is 0 Å². The van der Waals surface area contributed by atoms with E-state index in [0.717, 1.165) is 5.56 Å². The van der Waals surface area contributed by atoms with Gasteiger partial charge in [0.15, 0.2) is 0 Å². The molecule has 1 aliphatic heterocycles. The largest absolute Gasteiger partial charge is 0.311 e. The standard InChI is InChI=1S/C15H14ClF2N/c1-11(14-7-8-19-10-15(14,17)18)5-6-12-3-2-4-13(16)9-12/h2-4,9,19H,7-8,10H2,1H3. The van der Waals surface area contributed by atoms with E-state index in [9.17, 15) is 8.78 Å². The maximum Gasteiger partial charge on any atom is 0.282 e. The zero-order valence-corrected chi connectivity index (χ0v) is 11.3. The number of halogens is 3. The van der Waals surface area contributed by atoms with Crippen molar-refractivity contribution in [3.63, 3.8) is 0 Å². The Bertz CT molecular complexity index is 567. The Morgan fingerprint density at radius 1 is 1.42 bits per heavy atom. The van der Waals surface area contributed by atoms with Crippen LogP contribution in [0.4, 0.5) is 8.78 Å². The lowest BCUT2D eigenvalue weighted by molar-refractivity contribution is 0.0275. The third kappa shape index (κ3) is 3.56. The maximum absolute atomic E-state index is 13.7. The Labute approximate surface area is 116 Å². The van der Waals surface area contributed by atoms with Crippen molar-refractivity contribution in [2.24, 2.45) is 0 Å². The quantitative estimate of drug-likeness (QED) is 0.716. The van der Waals surface area contributed by atoms with Crippen LogP contribution in [0.2, 0.25) is 5.02 Å². The van der Waals surface area contributed by atoms with Crippen LogP contribution >= 0.6 is 11.6 Å². The van der Waals surface area contributed by atoms with Crippen molar-refractivity contribution in [1.82, 2.24) is 5.32 Å². The smallest absolute Gasteiger partial charge is 0.282 e. The van der Waals surface area contributed by atoms with Gasteiger partial charge in [0, 0.05) is 21.7 Å². The van der Waals surface area contributed by atoms with Crippen LogP contribution in [-0.2, 0) is 0 Å². The molecule has 1 nitrogen and oxygen atoms in total. The van der Waals surface area contributed by atoms with Crippen LogP contribution in [0.1, 0.15) is 18.9 Å². The molecule has 100 valence electrons. The summed E-state index contributed by atoms with van der Waals surface area (Å²) in [4.78, 5) is 0. The predicted octanol–water partition coefficient (Wildman–Crippen LogP) is 3.64. The van der Waals surface area contributed by atoms with Crippen molar-refractivity contribution >= 4 is 11.6 Å². The molecule has 0 amide bonds. The topological polar surface area (TPSA) is 12.0 Å². The molecule has 1 N–H and O–H groups in total. The minimum atomic E-state index is -2.80. The number of hydrogen-bond acceptors (Lipinski definition) is 1. The third-order valence-corrected chi connectivity index (χ3v) is 3.25. The van der Waals surface area contributed by atoms with Crippen molar-refractivity contribution in [3.8, 4) is 11.8 Å². The average molecular weight is 282 g/mol. The summed E-state index contributed by atoms with van der Waals surface area (Å²) in [6.07, 6.45) is 0.336. The van der Waals surface area contributed by atoms with Crippen LogP contribution in [0.25, 0.3) is 0 Å². The van der Waals surface area contributed by atoms with Crippen molar-refractivity contribution in [2.75, 3.05) is 13.1 Å². The number of nitrogens with one attached hydrogen (secondary N) is 1. The van der Waals surface area contributed by atoms with Crippen LogP contribution in [0, 0.1) is 11.8 Å². The van der Waals surface area contributed by atoms with E-state index in [2.05, 4.69) is 17.2 Å². The van der Waals surface area contributed by atoms with Crippen LogP contribution in [-0.4, -0.2) is 19.0 Å². The Kier molecular flexibility index (Phi) is 4.24. The number of piperidine rings is 1. The molecule has 4 heteroatoms. The monoisotopic (exact) mass is 281 g/mol. The summed E-state index contributed by atoms with van der Waals surface area (Å²) in [5.41, 5.74) is 1.32. The fourth-order valence-electron chi connectivity index (χ4n) is 2.02. The summed E-state index contributed by atoms with van der Waals surface area (Å²) >= 11 is 5.85. The van der Waals surface area contributed by atoms with Gasteiger partial charge in [0.2, 0.25) is 0 Å². The molecule has 2 rings (SSSR count). The fraction of sp³-hybridized carbons (Fsp3) is 0.333. The molecule has 0 bridgehead atoms. The van der Waals surface area contributed by atoms with Gasteiger partial charge < -0.3 is 5.32 Å². The number of alkyl halides is 2. The SMILES string of the molecule is CC(C#Cc1cccc(Cl)c1)=C1CCNCC1(F)F. The molecule has 0 aliphatic carbocycles. The Balaban J connectivity index is 2.28. The lowest BCUT2D eigenvalue weighted by Gasteiger charge is -2.26. The second-order valence-electron chi connectivity index (χ2n) is 4.50. The first-order valence-corrected chi connectivity index (χ1v) is 6.43. The summed E-state index contributed by atoms with van der Waals surface area (Å²) in [6, 6.07) is 7.05. The second kappa shape index (κ2) is 5.73. The second-order valence-corrected chi connectivity index (χ2v) is 4.93. The molecular weight excluding hydrogens is 268 g/mol. The molecule has 0 unspecified atom stereocenters. The highest BCUT2D eigenvalue weighted by Crippen LogP contribution is 2.31. The predicted molar refractivity (Wildman–Crippen MR) is 73.5 cm³/mol. The summed E-state index contributed by atoms with van der Waals surface area (Å²) in [5, 5.41) is 3.28. The average Bonchev–Trinajstić information content (AvgIpc) is 2.35. The highest BCUT2D eigenvalue weighted by atomic mass is 35.5. The molecule has 0 atom stereocenters. The van der Waals surface area contributed by atoms with Gasteiger partial charge >= 0.3 is 0 Å². The minimum Gasteiger partial charge on any atom is -0.311 e. The Morgan fingerprint density at radius 3 is 2.89 bits per heavy atom. The Morgan fingerprint density at radius 2 is 2.21 bits per heavy atom. The molecule has 0 saturated carbocycles. The summed E-state index contributed by atoms with van der Waals surface area (Å²) in [6.45, 7) is 1.91. The Hall–Kier alpha value is -1.37. The van der Waals surface area contributed by atoms with Gasteiger partial charge in [-0.05, 0) is 38.1 Å². The summed E-state index contributed by atoms with van der Waals surface area (Å²) in [5.74, 6) is 2.89. The molecule has 1 aromatic carbocycles. The van der Waals surface area contributed by atoms with Crippen LogP contribution in [0.3, 0.4) is 0 Å². The molecule has 0 spiro atoms.